The van der Waals surface area contributed by atoms with E-state index in [-0.39, 0.29) is 12.6 Å². The second-order valence-corrected chi connectivity index (χ2v) is 6.37. The van der Waals surface area contributed by atoms with Crippen LogP contribution in [0.15, 0.2) is 24.3 Å². The smallest absolute Gasteiger partial charge is 0.338 e. The molecule has 0 radical (unpaired) electrons. The molecule has 2 unspecified atom stereocenters. The normalized spacial score (nSPS) is 15.1. The molecule has 0 aliphatic heterocycles. The maximum atomic E-state index is 14.0. The molecule has 124 valence electrons. The van der Waals surface area contributed by atoms with E-state index in [4.69, 9.17) is 9.57 Å². The minimum Gasteiger partial charge on any atom is -0.462 e. The third-order valence-corrected chi connectivity index (χ3v) is 3.58. The van der Waals surface area contributed by atoms with Gasteiger partial charge in [0, 0.05) is 13.6 Å². The van der Waals surface area contributed by atoms with E-state index >= 15 is 0 Å². The highest BCUT2D eigenvalue weighted by Gasteiger charge is 2.31. The molecule has 0 aliphatic rings. The predicted octanol–water partition coefficient (Wildman–Crippen LogP) is 2.55. The average Bonchev–Trinajstić information content (AvgIpc) is 2.46. The minimum absolute atomic E-state index is 0.162. The number of rotatable bonds is 9. The second-order valence-electron chi connectivity index (χ2n) is 4.82. The molecular weight excluding hydrogens is 355 g/mol. The number of carbonyl (C=O) groups excluding carboxylic acids is 1. The Morgan fingerprint density at radius 1 is 1.41 bits per heavy atom. The van der Waals surface area contributed by atoms with Gasteiger partial charge in [-0.3, -0.25) is 0 Å². The quantitative estimate of drug-likeness (QED) is 0.394. The Labute approximate surface area is 138 Å². The van der Waals surface area contributed by atoms with Crippen LogP contribution in [0.2, 0.25) is 0 Å². The first-order chi connectivity index (χ1) is 10.4. The fourth-order valence-corrected chi connectivity index (χ4v) is 2.06. The lowest BCUT2D eigenvalue weighted by atomic mass is 10.1. The largest absolute Gasteiger partial charge is 0.462 e. The van der Waals surface area contributed by atoms with Crippen LogP contribution in [0.25, 0.3) is 0 Å². The molecule has 0 amide bonds. The van der Waals surface area contributed by atoms with Gasteiger partial charge in [-0.1, -0.05) is 12.1 Å². The summed E-state index contributed by atoms with van der Waals surface area (Å²) in [5.74, 6) is -0.348. The van der Waals surface area contributed by atoms with Crippen LogP contribution in [0.5, 0.6) is 0 Å². The molecule has 7 heteroatoms. The Morgan fingerprint density at radius 2 is 2.05 bits per heavy atom. The Balaban J connectivity index is 2.60. The van der Waals surface area contributed by atoms with Gasteiger partial charge in [0.1, 0.15) is 0 Å². The molecule has 0 bridgehead atoms. The highest BCUT2D eigenvalue weighted by atomic mass is 79.9. The third-order valence-electron chi connectivity index (χ3n) is 3.02. The zero-order chi connectivity index (χ0) is 16.6. The molecule has 0 fully saturated rings. The van der Waals surface area contributed by atoms with Gasteiger partial charge < -0.3 is 14.9 Å². The topological polar surface area (TPSA) is 59.6 Å². The molecule has 0 saturated heterocycles. The Hall–Kier alpha value is -1.02. The molecule has 2 atom stereocenters. The number of benzene rings is 1. The molecule has 0 saturated carbocycles. The number of hydroxylamine groups is 1. The standard InChI is InChI=1S/C15H22BrFN2O3/c1-4-21-14(20)12-7-5-11(6-8-12)9-19-13(10-22-18-3)15(2,16)17/h5-8,13,18-19H,4,9-10H2,1-3H3. The molecule has 2 N–H and O–H groups in total. The number of hydrogen-bond acceptors (Lipinski definition) is 5. The van der Waals surface area contributed by atoms with Crippen LogP contribution in [0.4, 0.5) is 4.39 Å². The van der Waals surface area contributed by atoms with Crippen LogP contribution in [0.3, 0.4) is 0 Å². The van der Waals surface area contributed by atoms with Gasteiger partial charge in [0.05, 0.1) is 24.8 Å². The molecule has 1 rings (SSSR count). The Morgan fingerprint density at radius 3 is 2.55 bits per heavy atom. The monoisotopic (exact) mass is 376 g/mol. The van der Waals surface area contributed by atoms with Crippen molar-refractivity contribution in [2.45, 2.75) is 31.0 Å². The number of alkyl halides is 2. The van der Waals surface area contributed by atoms with Crippen molar-refractivity contribution in [1.29, 1.82) is 0 Å². The number of esters is 1. The van der Waals surface area contributed by atoms with Gasteiger partial charge in [0.25, 0.3) is 0 Å². The molecule has 0 aromatic heterocycles. The van der Waals surface area contributed by atoms with Crippen molar-refractivity contribution in [3.8, 4) is 0 Å². The summed E-state index contributed by atoms with van der Waals surface area (Å²) in [4.78, 5) is 16.6. The van der Waals surface area contributed by atoms with Gasteiger partial charge >= 0.3 is 5.97 Å². The van der Waals surface area contributed by atoms with Crippen molar-refractivity contribution in [1.82, 2.24) is 10.8 Å². The molecule has 1 aromatic rings. The average molecular weight is 377 g/mol. The molecule has 0 spiro atoms. The van der Waals surface area contributed by atoms with E-state index in [9.17, 15) is 9.18 Å². The van der Waals surface area contributed by atoms with Crippen molar-refractivity contribution in [3.63, 3.8) is 0 Å². The third kappa shape index (κ3) is 6.39. The summed E-state index contributed by atoms with van der Waals surface area (Å²) in [7, 11) is 1.62. The van der Waals surface area contributed by atoms with E-state index in [1.54, 1.807) is 38.2 Å². The highest BCUT2D eigenvalue weighted by molar-refractivity contribution is 9.10. The molecule has 0 heterocycles. The first-order valence-electron chi connectivity index (χ1n) is 7.04. The highest BCUT2D eigenvalue weighted by Crippen LogP contribution is 2.24. The lowest BCUT2D eigenvalue weighted by Gasteiger charge is -2.26. The van der Waals surface area contributed by atoms with E-state index < -0.39 is 10.6 Å². The van der Waals surface area contributed by atoms with Gasteiger partial charge in [0.2, 0.25) is 0 Å². The van der Waals surface area contributed by atoms with Crippen molar-refractivity contribution >= 4 is 21.9 Å². The van der Waals surface area contributed by atoms with E-state index in [2.05, 4.69) is 26.7 Å². The summed E-state index contributed by atoms with van der Waals surface area (Å²) in [5, 5.41) is 3.08. The van der Waals surface area contributed by atoms with Crippen LogP contribution in [-0.4, -0.2) is 36.9 Å². The second kappa shape index (κ2) is 9.19. The number of carbonyl (C=O) groups is 1. The Kier molecular flexibility index (Phi) is 7.95. The summed E-state index contributed by atoms with van der Waals surface area (Å²) in [6.07, 6.45) is 0. The van der Waals surface area contributed by atoms with E-state index in [0.29, 0.717) is 18.7 Å². The van der Waals surface area contributed by atoms with Crippen molar-refractivity contribution < 1.29 is 18.8 Å². The van der Waals surface area contributed by atoms with Gasteiger partial charge in [0.15, 0.2) is 4.58 Å². The van der Waals surface area contributed by atoms with Crippen molar-refractivity contribution in [3.05, 3.63) is 35.4 Å². The number of nitrogens with one attached hydrogen (secondary N) is 2. The number of hydrogen-bond donors (Lipinski definition) is 2. The summed E-state index contributed by atoms with van der Waals surface area (Å²) in [6, 6.07) is 6.45. The maximum absolute atomic E-state index is 14.0. The van der Waals surface area contributed by atoms with E-state index in [1.807, 2.05) is 0 Å². The first-order valence-corrected chi connectivity index (χ1v) is 7.83. The summed E-state index contributed by atoms with van der Waals surface area (Å²) in [6.45, 7) is 4.14. The number of halogens is 2. The lowest BCUT2D eigenvalue weighted by molar-refractivity contribution is 0.0215. The first kappa shape index (κ1) is 19.0. The van der Waals surface area contributed by atoms with Crippen molar-refractivity contribution in [2.75, 3.05) is 20.3 Å². The van der Waals surface area contributed by atoms with Gasteiger partial charge in [-0.2, -0.15) is 0 Å². The van der Waals surface area contributed by atoms with E-state index in [1.165, 1.54) is 6.92 Å². The lowest BCUT2D eigenvalue weighted by Crippen LogP contribution is -2.46. The minimum atomic E-state index is -1.60. The molecule has 22 heavy (non-hydrogen) atoms. The molecule has 0 aliphatic carbocycles. The summed E-state index contributed by atoms with van der Waals surface area (Å²) >= 11 is 3.00. The van der Waals surface area contributed by atoms with Crippen LogP contribution in [0, 0.1) is 0 Å². The fourth-order valence-electron chi connectivity index (χ4n) is 1.77. The Bertz CT molecular complexity index is 463. The van der Waals surface area contributed by atoms with Crippen molar-refractivity contribution in [2.24, 2.45) is 0 Å². The zero-order valence-electron chi connectivity index (χ0n) is 13.0. The van der Waals surface area contributed by atoms with Gasteiger partial charge in [-0.05, 0) is 47.5 Å². The van der Waals surface area contributed by atoms with E-state index in [0.717, 1.165) is 5.56 Å². The molecule has 5 nitrogen and oxygen atoms in total. The summed E-state index contributed by atoms with van der Waals surface area (Å²) < 4.78 is 17.3. The fraction of sp³-hybridized carbons (Fsp3) is 0.533. The number of ether oxygens (including phenoxy) is 1. The SMILES string of the molecule is CCOC(=O)c1ccc(CNC(CONC)C(C)(F)Br)cc1. The van der Waals surface area contributed by atoms with Gasteiger partial charge in [-0.15, -0.1) is 0 Å². The van der Waals surface area contributed by atoms with Crippen LogP contribution in [0.1, 0.15) is 29.8 Å². The van der Waals surface area contributed by atoms with Crippen LogP contribution in [-0.2, 0) is 16.1 Å². The van der Waals surface area contributed by atoms with Crippen LogP contribution < -0.4 is 10.8 Å². The van der Waals surface area contributed by atoms with Gasteiger partial charge in [-0.25, -0.2) is 14.7 Å². The zero-order valence-corrected chi connectivity index (χ0v) is 14.6. The predicted molar refractivity (Wildman–Crippen MR) is 86.5 cm³/mol. The summed E-state index contributed by atoms with van der Waals surface area (Å²) in [5.41, 5.74) is 3.95. The van der Waals surface area contributed by atoms with Crippen LogP contribution >= 0.6 is 15.9 Å². The maximum Gasteiger partial charge on any atom is 0.338 e. The molecule has 1 aromatic carbocycles. The molecular formula is C15H22BrFN2O3.